The van der Waals surface area contributed by atoms with Gasteiger partial charge in [0.05, 0.1) is 10.7 Å². The standard InChI is InChI=1S/C21H14Br2ClN3O3/c22-15-9-14(19(28)18(23)10-15)11-25-27-21(30)13-3-7-17(8-4-13)26-20(29)12-1-5-16(24)6-2-12/h1-11,28H,(H,26,29)(H,27,30)/b25-11-. The van der Waals surface area contributed by atoms with E-state index in [-0.39, 0.29) is 11.7 Å². The molecule has 0 spiro atoms. The highest BCUT2D eigenvalue weighted by atomic mass is 79.9. The average Bonchev–Trinajstić information content (AvgIpc) is 2.72. The summed E-state index contributed by atoms with van der Waals surface area (Å²) in [5, 5.41) is 17.2. The topological polar surface area (TPSA) is 90.8 Å². The summed E-state index contributed by atoms with van der Waals surface area (Å²) >= 11 is 12.4. The van der Waals surface area contributed by atoms with Crippen LogP contribution in [0.3, 0.4) is 0 Å². The maximum atomic E-state index is 12.2. The Kier molecular flexibility index (Phi) is 7.25. The molecule has 0 unspecified atom stereocenters. The van der Waals surface area contributed by atoms with Gasteiger partial charge in [-0.3, -0.25) is 9.59 Å². The number of hydrogen-bond donors (Lipinski definition) is 3. The predicted molar refractivity (Wildman–Crippen MR) is 124 cm³/mol. The summed E-state index contributed by atoms with van der Waals surface area (Å²) in [4.78, 5) is 24.5. The first-order chi connectivity index (χ1) is 14.3. The lowest BCUT2D eigenvalue weighted by molar-refractivity contribution is 0.0954. The van der Waals surface area contributed by atoms with Crippen LogP contribution < -0.4 is 10.7 Å². The number of rotatable bonds is 5. The number of amides is 2. The second-order valence-corrected chi connectivity index (χ2v) is 8.27. The SMILES string of the molecule is O=C(N/N=C\c1cc(Br)cc(Br)c1O)c1ccc(NC(=O)c2ccc(Cl)cc2)cc1. The Morgan fingerprint density at radius 1 is 0.933 bits per heavy atom. The highest BCUT2D eigenvalue weighted by molar-refractivity contribution is 9.11. The molecule has 0 aromatic heterocycles. The number of carbonyl (C=O) groups excluding carboxylic acids is 2. The van der Waals surface area contributed by atoms with Gasteiger partial charge in [-0.1, -0.05) is 27.5 Å². The van der Waals surface area contributed by atoms with E-state index in [0.29, 0.717) is 31.9 Å². The third kappa shape index (κ3) is 5.69. The van der Waals surface area contributed by atoms with Crippen molar-refractivity contribution >= 4 is 67.2 Å². The fraction of sp³-hybridized carbons (Fsp3) is 0. The molecule has 6 nitrogen and oxygen atoms in total. The van der Waals surface area contributed by atoms with Gasteiger partial charge in [-0.15, -0.1) is 0 Å². The van der Waals surface area contributed by atoms with Crippen LogP contribution in [-0.4, -0.2) is 23.1 Å². The van der Waals surface area contributed by atoms with Crippen LogP contribution in [-0.2, 0) is 0 Å². The Morgan fingerprint density at radius 2 is 1.53 bits per heavy atom. The number of phenolic OH excluding ortho intramolecular Hbond substituents is 1. The van der Waals surface area contributed by atoms with Gasteiger partial charge in [0.25, 0.3) is 11.8 Å². The summed E-state index contributed by atoms with van der Waals surface area (Å²) in [6.07, 6.45) is 1.34. The monoisotopic (exact) mass is 549 g/mol. The zero-order valence-electron chi connectivity index (χ0n) is 15.2. The lowest BCUT2D eigenvalue weighted by atomic mass is 10.1. The molecule has 0 aliphatic heterocycles. The van der Waals surface area contributed by atoms with E-state index in [2.05, 4.69) is 47.7 Å². The van der Waals surface area contributed by atoms with E-state index in [1.165, 1.54) is 6.21 Å². The van der Waals surface area contributed by atoms with Crippen LogP contribution in [0.2, 0.25) is 5.02 Å². The van der Waals surface area contributed by atoms with Gasteiger partial charge in [0, 0.05) is 31.9 Å². The highest BCUT2D eigenvalue weighted by Crippen LogP contribution is 2.30. The van der Waals surface area contributed by atoms with E-state index < -0.39 is 5.91 Å². The molecule has 3 aromatic rings. The van der Waals surface area contributed by atoms with Crippen molar-refractivity contribution in [3.63, 3.8) is 0 Å². The van der Waals surface area contributed by atoms with E-state index in [1.807, 2.05) is 0 Å². The summed E-state index contributed by atoms with van der Waals surface area (Å²) in [5.74, 6) is -0.708. The van der Waals surface area contributed by atoms with Crippen LogP contribution in [0.1, 0.15) is 26.3 Å². The number of benzene rings is 3. The largest absolute Gasteiger partial charge is 0.506 e. The molecular weight excluding hydrogens is 538 g/mol. The third-order valence-corrected chi connectivity index (χ3v) is 5.25. The molecule has 3 N–H and O–H groups in total. The van der Waals surface area contributed by atoms with Crippen LogP contribution in [0.5, 0.6) is 5.75 Å². The summed E-state index contributed by atoms with van der Waals surface area (Å²) in [6.45, 7) is 0. The summed E-state index contributed by atoms with van der Waals surface area (Å²) in [6, 6.07) is 16.2. The second-order valence-electron chi connectivity index (χ2n) is 6.06. The van der Waals surface area contributed by atoms with E-state index in [4.69, 9.17) is 11.6 Å². The molecule has 0 fully saturated rings. The lowest BCUT2D eigenvalue weighted by Crippen LogP contribution is -2.18. The number of aromatic hydroxyl groups is 1. The Hall–Kier alpha value is -2.68. The molecule has 0 saturated heterocycles. The summed E-state index contributed by atoms with van der Waals surface area (Å²) in [5.41, 5.74) is 4.19. The smallest absolute Gasteiger partial charge is 0.271 e. The van der Waals surface area contributed by atoms with Crippen molar-refractivity contribution in [2.24, 2.45) is 5.10 Å². The van der Waals surface area contributed by atoms with Crippen molar-refractivity contribution in [2.75, 3.05) is 5.32 Å². The van der Waals surface area contributed by atoms with Crippen LogP contribution in [0, 0.1) is 0 Å². The van der Waals surface area contributed by atoms with Crippen molar-refractivity contribution < 1.29 is 14.7 Å². The maximum absolute atomic E-state index is 12.2. The van der Waals surface area contributed by atoms with Crippen molar-refractivity contribution in [3.05, 3.63) is 91.3 Å². The molecule has 3 aromatic carbocycles. The van der Waals surface area contributed by atoms with Gasteiger partial charge in [0.1, 0.15) is 5.75 Å². The number of hydrazone groups is 1. The van der Waals surface area contributed by atoms with Gasteiger partial charge in [0.15, 0.2) is 0 Å². The molecule has 152 valence electrons. The molecule has 3 rings (SSSR count). The molecule has 0 aliphatic rings. The zero-order chi connectivity index (χ0) is 21.7. The molecule has 30 heavy (non-hydrogen) atoms. The molecule has 0 heterocycles. The summed E-state index contributed by atoms with van der Waals surface area (Å²) in [7, 11) is 0. The van der Waals surface area contributed by atoms with Crippen molar-refractivity contribution in [2.45, 2.75) is 0 Å². The average molecular weight is 552 g/mol. The maximum Gasteiger partial charge on any atom is 0.271 e. The molecule has 2 amide bonds. The Morgan fingerprint density at radius 3 is 2.20 bits per heavy atom. The number of nitrogens with one attached hydrogen (secondary N) is 2. The van der Waals surface area contributed by atoms with Gasteiger partial charge in [-0.05, 0) is 76.6 Å². The predicted octanol–water partition coefficient (Wildman–Crippen LogP) is 5.59. The molecule has 0 saturated carbocycles. The van der Waals surface area contributed by atoms with Crippen LogP contribution >= 0.6 is 43.5 Å². The summed E-state index contributed by atoms with van der Waals surface area (Å²) < 4.78 is 1.25. The van der Waals surface area contributed by atoms with Crippen molar-refractivity contribution in [1.82, 2.24) is 5.43 Å². The molecule has 9 heteroatoms. The van der Waals surface area contributed by atoms with Gasteiger partial charge < -0.3 is 10.4 Å². The molecule has 0 radical (unpaired) electrons. The zero-order valence-corrected chi connectivity index (χ0v) is 19.1. The number of halogens is 3. The van der Waals surface area contributed by atoms with Crippen LogP contribution in [0.25, 0.3) is 0 Å². The fourth-order valence-corrected chi connectivity index (χ4v) is 3.80. The van der Waals surface area contributed by atoms with Gasteiger partial charge in [-0.25, -0.2) is 5.43 Å². The lowest BCUT2D eigenvalue weighted by Gasteiger charge is -2.06. The number of phenols is 1. The molecule has 0 atom stereocenters. The minimum atomic E-state index is -0.435. The van der Waals surface area contributed by atoms with E-state index in [1.54, 1.807) is 60.7 Å². The van der Waals surface area contributed by atoms with E-state index >= 15 is 0 Å². The van der Waals surface area contributed by atoms with Crippen LogP contribution in [0.15, 0.2) is 74.7 Å². The first kappa shape index (κ1) is 22.0. The van der Waals surface area contributed by atoms with Crippen molar-refractivity contribution in [1.29, 1.82) is 0 Å². The Bertz CT molecular complexity index is 1120. The number of carbonyl (C=O) groups is 2. The number of anilines is 1. The van der Waals surface area contributed by atoms with E-state index in [0.717, 1.165) is 4.47 Å². The van der Waals surface area contributed by atoms with Gasteiger partial charge in [0.2, 0.25) is 0 Å². The first-order valence-electron chi connectivity index (χ1n) is 8.52. The van der Waals surface area contributed by atoms with Crippen molar-refractivity contribution in [3.8, 4) is 5.75 Å². The second kappa shape index (κ2) is 9.88. The van der Waals surface area contributed by atoms with E-state index in [9.17, 15) is 14.7 Å². The Balaban J connectivity index is 1.61. The fourth-order valence-electron chi connectivity index (χ4n) is 2.42. The minimum Gasteiger partial charge on any atom is -0.506 e. The molecule has 0 bridgehead atoms. The normalized spacial score (nSPS) is 10.8. The van der Waals surface area contributed by atoms with Gasteiger partial charge >= 0.3 is 0 Å². The third-order valence-electron chi connectivity index (χ3n) is 3.94. The minimum absolute atomic E-state index is 0.0111. The van der Waals surface area contributed by atoms with Crippen LogP contribution in [0.4, 0.5) is 5.69 Å². The Labute approximate surface area is 194 Å². The van der Waals surface area contributed by atoms with Gasteiger partial charge in [-0.2, -0.15) is 5.10 Å². The molecular formula is C21H14Br2ClN3O3. The highest BCUT2D eigenvalue weighted by Gasteiger charge is 2.09. The quantitative estimate of drug-likeness (QED) is 0.285. The number of nitrogens with zero attached hydrogens (tertiary/aromatic N) is 1. The molecule has 0 aliphatic carbocycles. The number of hydrogen-bond acceptors (Lipinski definition) is 4. The first-order valence-corrected chi connectivity index (χ1v) is 10.5.